The highest BCUT2D eigenvalue weighted by Gasteiger charge is 2.15. The van der Waals surface area contributed by atoms with E-state index in [2.05, 4.69) is 11.4 Å². The second-order valence-corrected chi connectivity index (χ2v) is 5.14. The van der Waals surface area contributed by atoms with E-state index < -0.39 is 0 Å². The lowest BCUT2D eigenvalue weighted by Gasteiger charge is -2.18. The molecule has 1 atom stereocenters. The van der Waals surface area contributed by atoms with E-state index in [1.165, 1.54) is 0 Å². The van der Waals surface area contributed by atoms with Crippen LogP contribution in [0.1, 0.15) is 30.0 Å². The van der Waals surface area contributed by atoms with Crippen molar-refractivity contribution in [2.75, 3.05) is 19.0 Å². The van der Waals surface area contributed by atoms with Gasteiger partial charge in [0.25, 0.3) is 0 Å². The van der Waals surface area contributed by atoms with E-state index in [4.69, 9.17) is 10.5 Å². The first-order valence-electron chi connectivity index (χ1n) is 6.55. The average Bonchev–Trinajstić information content (AvgIpc) is 2.36. The molecule has 4 heteroatoms. The molecule has 19 heavy (non-hydrogen) atoms. The lowest BCUT2D eigenvalue weighted by atomic mass is 10.0. The molecule has 0 saturated carbocycles. The first kappa shape index (κ1) is 15.5. The summed E-state index contributed by atoms with van der Waals surface area (Å²) < 4.78 is 5.43. The molecule has 106 valence electrons. The molecule has 0 saturated heterocycles. The molecule has 0 aliphatic rings. The molecule has 4 nitrogen and oxygen atoms in total. The molecular weight excluding hydrogens is 240 g/mol. The van der Waals surface area contributed by atoms with Gasteiger partial charge >= 0.3 is 0 Å². The van der Waals surface area contributed by atoms with Gasteiger partial charge in [-0.15, -0.1) is 0 Å². The van der Waals surface area contributed by atoms with Gasteiger partial charge in [-0.2, -0.15) is 0 Å². The van der Waals surface area contributed by atoms with Crippen molar-refractivity contribution in [1.82, 2.24) is 0 Å². The summed E-state index contributed by atoms with van der Waals surface area (Å²) in [5, 5.41) is 2.94. The molecule has 0 aliphatic carbocycles. The Hall–Kier alpha value is -1.55. The molecular formula is C15H24N2O2. The zero-order valence-corrected chi connectivity index (χ0v) is 12.5. The summed E-state index contributed by atoms with van der Waals surface area (Å²) >= 11 is 0. The smallest absolute Gasteiger partial charge is 0.224 e. The average molecular weight is 264 g/mol. The second-order valence-electron chi connectivity index (χ2n) is 5.14. The summed E-state index contributed by atoms with van der Waals surface area (Å²) in [6, 6.07) is 2.06. The number of benzene rings is 1. The predicted octanol–water partition coefficient (Wildman–Crippen LogP) is 2.54. The summed E-state index contributed by atoms with van der Waals surface area (Å²) in [5.74, 6) is 0.895. The molecule has 0 aromatic heterocycles. The quantitative estimate of drug-likeness (QED) is 0.859. The van der Waals surface area contributed by atoms with Crippen LogP contribution in [0.25, 0.3) is 0 Å². The third-order valence-electron chi connectivity index (χ3n) is 3.39. The molecule has 0 bridgehead atoms. The molecule has 0 heterocycles. The van der Waals surface area contributed by atoms with Gasteiger partial charge in [0.05, 0.1) is 12.8 Å². The number of hydrogen-bond donors (Lipinski definition) is 2. The Morgan fingerprint density at radius 2 is 2.00 bits per heavy atom. The van der Waals surface area contributed by atoms with E-state index in [9.17, 15) is 4.79 Å². The number of amides is 1. The van der Waals surface area contributed by atoms with Gasteiger partial charge in [-0.1, -0.05) is 13.0 Å². The van der Waals surface area contributed by atoms with Crippen molar-refractivity contribution in [1.29, 1.82) is 0 Å². The fourth-order valence-corrected chi connectivity index (χ4v) is 2.05. The fourth-order valence-electron chi connectivity index (χ4n) is 2.05. The number of anilines is 1. The first-order valence-corrected chi connectivity index (χ1v) is 6.55. The monoisotopic (exact) mass is 264 g/mol. The van der Waals surface area contributed by atoms with E-state index in [0.717, 1.165) is 28.1 Å². The minimum atomic E-state index is -0.0254. The minimum Gasteiger partial charge on any atom is -0.494 e. The molecule has 1 aromatic carbocycles. The van der Waals surface area contributed by atoms with Gasteiger partial charge in [0, 0.05) is 6.42 Å². The number of hydrogen-bond acceptors (Lipinski definition) is 3. The highest BCUT2D eigenvalue weighted by molar-refractivity contribution is 5.93. The maximum absolute atomic E-state index is 12.0. The molecule has 0 aliphatic heterocycles. The van der Waals surface area contributed by atoms with Crippen LogP contribution < -0.4 is 15.8 Å². The van der Waals surface area contributed by atoms with Gasteiger partial charge in [0.1, 0.15) is 5.75 Å². The third kappa shape index (κ3) is 3.70. The molecule has 1 aromatic rings. The van der Waals surface area contributed by atoms with Crippen molar-refractivity contribution in [2.45, 2.75) is 34.1 Å². The third-order valence-corrected chi connectivity index (χ3v) is 3.39. The lowest BCUT2D eigenvalue weighted by Crippen LogP contribution is -2.21. The van der Waals surface area contributed by atoms with Crippen molar-refractivity contribution in [3.63, 3.8) is 0 Å². The minimum absolute atomic E-state index is 0.0254. The van der Waals surface area contributed by atoms with Crippen LogP contribution in [-0.2, 0) is 4.79 Å². The van der Waals surface area contributed by atoms with Gasteiger partial charge in [-0.3, -0.25) is 4.79 Å². The predicted molar refractivity (Wildman–Crippen MR) is 78.7 cm³/mol. The van der Waals surface area contributed by atoms with E-state index in [-0.39, 0.29) is 11.8 Å². The van der Waals surface area contributed by atoms with Crippen molar-refractivity contribution >= 4 is 11.6 Å². The Bertz CT molecular complexity index is 470. The molecule has 0 fully saturated rings. The van der Waals surface area contributed by atoms with Crippen LogP contribution in [0.5, 0.6) is 5.75 Å². The van der Waals surface area contributed by atoms with Gasteiger partial charge < -0.3 is 15.8 Å². The maximum atomic E-state index is 12.0. The number of nitrogens with one attached hydrogen (secondary N) is 1. The number of methoxy groups -OCH3 is 1. The largest absolute Gasteiger partial charge is 0.494 e. The number of carbonyl (C=O) groups is 1. The molecule has 1 amide bonds. The number of carbonyl (C=O) groups excluding carboxylic acids is 1. The van der Waals surface area contributed by atoms with Crippen molar-refractivity contribution in [2.24, 2.45) is 11.7 Å². The summed E-state index contributed by atoms with van der Waals surface area (Å²) in [5.41, 5.74) is 9.52. The second kappa shape index (κ2) is 6.57. The lowest BCUT2D eigenvalue weighted by molar-refractivity contribution is -0.116. The van der Waals surface area contributed by atoms with Crippen LogP contribution in [0.3, 0.4) is 0 Å². The number of rotatable bonds is 5. The van der Waals surface area contributed by atoms with Crippen molar-refractivity contribution < 1.29 is 9.53 Å². The van der Waals surface area contributed by atoms with Gasteiger partial charge in [0.2, 0.25) is 5.91 Å². The zero-order valence-electron chi connectivity index (χ0n) is 12.5. The molecule has 1 rings (SSSR count). The van der Waals surface area contributed by atoms with Crippen LogP contribution in [0.15, 0.2) is 6.07 Å². The summed E-state index contributed by atoms with van der Waals surface area (Å²) in [6.07, 6.45) is 0.423. The van der Waals surface area contributed by atoms with E-state index in [0.29, 0.717) is 13.0 Å². The summed E-state index contributed by atoms with van der Waals surface area (Å²) in [4.78, 5) is 12.0. The Morgan fingerprint density at radius 1 is 1.37 bits per heavy atom. The van der Waals surface area contributed by atoms with E-state index in [1.54, 1.807) is 7.11 Å². The number of ether oxygens (including phenoxy) is 1. The van der Waals surface area contributed by atoms with Crippen molar-refractivity contribution in [3.05, 3.63) is 22.8 Å². The van der Waals surface area contributed by atoms with Crippen LogP contribution >= 0.6 is 0 Å². The van der Waals surface area contributed by atoms with E-state index >= 15 is 0 Å². The topological polar surface area (TPSA) is 64.3 Å². The first-order chi connectivity index (χ1) is 8.90. The number of aryl methyl sites for hydroxylation is 2. The molecule has 3 N–H and O–H groups in total. The molecule has 0 radical (unpaired) electrons. The Morgan fingerprint density at radius 3 is 2.53 bits per heavy atom. The standard InChI is InChI=1S/C15H24N2O2/c1-9(8-16)6-13(18)17-14-11(3)7-10(2)12(4)15(14)19-5/h7,9H,6,8,16H2,1-5H3,(H,17,18). The Balaban J connectivity index is 3.01. The summed E-state index contributed by atoms with van der Waals surface area (Å²) in [6.45, 7) is 8.47. The molecule has 0 spiro atoms. The van der Waals surface area contributed by atoms with E-state index in [1.807, 2.05) is 27.7 Å². The maximum Gasteiger partial charge on any atom is 0.224 e. The SMILES string of the molecule is COc1c(C)c(C)cc(C)c1NC(=O)CC(C)CN. The highest BCUT2D eigenvalue weighted by atomic mass is 16.5. The normalized spacial score (nSPS) is 12.1. The zero-order chi connectivity index (χ0) is 14.6. The molecule has 1 unspecified atom stereocenters. The fraction of sp³-hybridized carbons (Fsp3) is 0.533. The van der Waals surface area contributed by atoms with Crippen LogP contribution in [0.4, 0.5) is 5.69 Å². The van der Waals surface area contributed by atoms with Crippen molar-refractivity contribution in [3.8, 4) is 5.75 Å². The van der Waals surface area contributed by atoms with Crippen LogP contribution in [-0.4, -0.2) is 19.6 Å². The number of nitrogens with two attached hydrogens (primary N) is 1. The van der Waals surface area contributed by atoms with Gasteiger partial charge in [-0.05, 0) is 49.9 Å². The Kier molecular flexibility index (Phi) is 5.36. The Labute approximate surface area is 115 Å². The van der Waals surface area contributed by atoms with Gasteiger partial charge in [0.15, 0.2) is 0 Å². The van der Waals surface area contributed by atoms with Crippen LogP contribution in [0.2, 0.25) is 0 Å². The summed E-state index contributed by atoms with van der Waals surface area (Å²) in [7, 11) is 1.62. The van der Waals surface area contributed by atoms with Gasteiger partial charge in [-0.25, -0.2) is 0 Å². The van der Waals surface area contributed by atoms with Crippen LogP contribution in [0, 0.1) is 26.7 Å². The highest BCUT2D eigenvalue weighted by Crippen LogP contribution is 2.34.